The van der Waals surface area contributed by atoms with Crippen LogP contribution in [0.4, 0.5) is 4.39 Å². The fourth-order valence-electron chi connectivity index (χ4n) is 2.73. The Balaban J connectivity index is 1.71. The minimum atomic E-state index is -0.221. The summed E-state index contributed by atoms with van der Waals surface area (Å²) in [6, 6.07) is 6.67. The second-order valence-electron chi connectivity index (χ2n) is 5.81. The summed E-state index contributed by atoms with van der Waals surface area (Å²) in [5.74, 6) is -0.128. The SMILES string of the molecule is CN(CCN1CCCCC1)C(=O)CCc1ccccc1F. The number of piperidine rings is 1. The van der Waals surface area contributed by atoms with Crippen molar-refractivity contribution < 1.29 is 9.18 Å². The Hall–Kier alpha value is -1.42. The fraction of sp³-hybridized carbons (Fsp3) is 0.588. The van der Waals surface area contributed by atoms with Crippen LogP contribution in [0.3, 0.4) is 0 Å². The Kier molecular flexibility index (Phi) is 6.18. The van der Waals surface area contributed by atoms with Crippen LogP contribution in [-0.4, -0.2) is 48.9 Å². The third kappa shape index (κ3) is 5.12. The Labute approximate surface area is 126 Å². The van der Waals surface area contributed by atoms with Crippen LogP contribution in [0.15, 0.2) is 24.3 Å². The fourth-order valence-corrected chi connectivity index (χ4v) is 2.73. The highest BCUT2D eigenvalue weighted by molar-refractivity contribution is 5.76. The number of benzene rings is 1. The van der Waals surface area contributed by atoms with Crippen LogP contribution in [-0.2, 0) is 11.2 Å². The number of amides is 1. The zero-order valence-electron chi connectivity index (χ0n) is 12.9. The molecule has 1 fully saturated rings. The van der Waals surface area contributed by atoms with E-state index < -0.39 is 0 Å². The summed E-state index contributed by atoms with van der Waals surface area (Å²) >= 11 is 0. The quantitative estimate of drug-likeness (QED) is 0.805. The van der Waals surface area contributed by atoms with Gasteiger partial charge in [0, 0.05) is 26.6 Å². The van der Waals surface area contributed by atoms with Crippen LogP contribution in [0, 0.1) is 5.82 Å². The predicted octanol–water partition coefficient (Wildman–Crippen LogP) is 2.70. The van der Waals surface area contributed by atoms with E-state index in [-0.39, 0.29) is 11.7 Å². The Morgan fingerprint density at radius 3 is 2.67 bits per heavy atom. The van der Waals surface area contributed by atoms with Crippen molar-refractivity contribution in [2.75, 3.05) is 33.2 Å². The average Bonchev–Trinajstić information content (AvgIpc) is 2.52. The first-order valence-electron chi connectivity index (χ1n) is 7.86. The molecule has 21 heavy (non-hydrogen) atoms. The summed E-state index contributed by atoms with van der Waals surface area (Å²) in [7, 11) is 1.84. The van der Waals surface area contributed by atoms with Crippen molar-refractivity contribution in [3.63, 3.8) is 0 Å². The number of hydrogen-bond acceptors (Lipinski definition) is 2. The highest BCUT2D eigenvalue weighted by Gasteiger charge is 2.14. The second kappa shape index (κ2) is 8.13. The van der Waals surface area contributed by atoms with E-state index in [0.717, 1.165) is 26.2 Å². The molecule has 0 aliphatic carbocycles. The molecule has 1 aromatic rings. The maximum atomic E-state index is 13.5. The first-order chi connectivity index (χ1) is 10.2. The van der Waals surface area contributed by atoms with Gasteiger partial charge in [-0.2, -0.15) is 0 Å². The molecule has 0 saturated carbocycles. The number of carbonyl (C=O) groups is 1. The first-order valence-corrected chi connectivity index (χ1v) is 7.86. The summed E-state index contributed by atoms with van der Waals surface area (Å²) in [4.78, 5) is 16.3. The van der Waals surface area contributed by atoms with Gasteiger partial charge < -0.3 is 9.80 Å². The lowest BCUT2D eigenvalue weighted by Crippen LogP contribution is -2.38. The van der Waals surface area contributed by atoms with Crippen molar-refractivity contribution in [3.8, 4) is 0 Å². The molecule has 1 saturated heterocycles. The molecule has 0 aromatic heterocycles. The number of halogens is 1. The van der Waals surface area contributed by atoms with Crippen molar-refractivity contribution in [2.45, 2.75) is 32.1 Å². The van der Waals surface area contributed by atoms with Gasteiger partial charge in [-0.05, 0) is 44.0 Å². The lowest BCUT2D eigenvalue weighted by Gasteiger charge is -2.28. The highest BCUT2D eigenvalue weighted by atomic mass is 19.1. The summed E-state index contributed by atoms with van der Waals surface area (Å²) in [5.41, 5.74) is 0.621. The van der Waals surface area contributed by atoms with E-state index in [2.05, 4.69) is 4.90 Å². The van der Waals surface area contributed by atoms with Crippen LogP contribution in [0.25, 0.3) is 0 Å². The van der Waals surface area contributed by atoms with E-state index in [1.54, 1.807) is 17.0 Å². The maximum absolute atomic E-state index is 13.5. The van der Waals surface area contributed by atoms with Gasteiger partial charge in [-0.25, -0.2) is 4.39 Å². The molecule has 1 aliphatic rings. The van der Waals surface area contributed by atoms with Gasteiger partial charge in [-0.15, -0.1) is 0 Å². The normalized spacial score (nSPS) is 15.9. The average molecular weight is 292 g/mol. The lowest BCUT2D eigenvalue weighted by atomic mass is 10.1. The van der Waals surface area contributed by atoms with Crippen LogP contribution in [0.5, 0.6) is 0 Å². The van der Waals surface area contributed by atoms with Crippen LogP contribution < -0.4 is 0 Å². The molecule has 1 aliphatic heterocycles. The number of rotatable bonds is 6. The standard InChI is InChI=1S/C17H25FN2O/c1-19(13-14-20-11-5-2-6-12-20)17(21)10-9-15-7-3-4-8-16(15)18/h3-4,7-8H,2,5-6,9-14H2,1H3. The number of nitrogens with zero attached hydrogens (tertiary/aromatic N) is 2. The number of carbonyl (C=O) groups excluding carboxylic acids is 1. The summed E-state index contributed by atoms with van der Waals surface area (Å²) < 4.78 is 13.5. The van der Waals surface area contributed by atoms with Crippen LogP contribution >= 0.6 is 0 Å². The maximum Gasteiger partial charge on any atom is 0.222 e. The Morgan fingerprint density at radius 2 is 1.95 bits per heavy atom. The van der Waals surface area contributed by atoms with Crippen molar-refractivity contribution in [3.05, 3.63) is 35.6 Å². The van der Waals surface area contributed by atoms with Gasteiger partial charge in [0.05, 0.1) is 0 Å². The van der Waals surface area contributed by atoms with E-state index in [9.17, 15) is 9.18 Å². The van der Waals surface area contributed by atoms with E-state index in [1.807, 2.05) is 13.1 Å². The van der Waals surface area contributed by atoms with Crippen molar-refractivity contribution in [1.29, 1.82) is 0 Å². The first kappa shape index (κ1) is 16.0. The highest BCUT2D eigenvalue weighted by Crippen LogP contribution is 2.10. The van der Waals surface area contributed by atoms with Gasteiger partial charge in [0.15, 0.2) is 0 Å². The topological polar surface area (TPSA) is 23.6 Å². The third-order valence-corrected chi connectivity index (χ3v) is 4.19. The van der Waals surface area contributed by atoms with Crippen molar-refractivity contribution in [1.82, 2.24) is 9.80 Å². The van der Waals surface area contributed by atoms with Crippen molar-refractivity contribution in [2.24, 2.45) is 0 Å². The molecule has 3 nitrogen and oxygen atoms in total. The smallest absolute Gasteiger partial charge is 0.222 e. The molecule has 0 radical (unpaired) electrons. The number of likely N-dealkylation sites (tertiary alicyclic amines) is 1. The number of aryl methyl sites for hydroxylation is 1. The van der Waals surface area contributed by atoms with Gasteiger partial charge in [0.1, 0.15) is 5.82 Å². The molecule has 1 heterocycles. The van der Waals surface area contributed by atoms with E-state index in [1.165, 1.54) is 25.3 Å². The molecule has 0 spiro atoms. The zero-order chi connectivity index (χ0) is 15.1. The molecule has 0 unspecified atom stereocenters. The van der Waals surface area contributed by atoms with Gasteiger partial charge in [0.2, 0.25) is 5.91 Å². The Bertz CT molecular complexity index is 458. The molecule has 116 valence electrons. The second-order valence-corrected chi connectivity index (χ2v) is 5.81. The summed E-state index contributed by atoms with van der Waals surface area (Å²) in [5, 5.41) is 0. The predicted molar refractivity (Wildman–Crippen MR) is 82.6 cm³/mol. The molecule has 1 amide bonds. The monoisotopic (exact) mass is 292 g/mol. The van der Waals surface area contributed by atoms with E-state index in [0.29, 0.717) is 18.4 Å². The van der Waals surface area contributed by atoms with Gasteiger partial charge in [-0.3, -0.25) is 4.79 Å². The van der Waals surface area contributed by atoms with Gasteiger partial charge in [0.25, 0.3) is 0 Å². The summed E-state index contributed by atoms with van der Waals surface area (Å²) in [6.07, 6.45) is 4.71. The lowest BCUT2D eigenvalue weighted by molar-refractivity contribution is -0.130. The van der Waals surface area contributed by atoms with Crippen LogP contribution in [0.2, 0.25) is 0 Å². The minimum absolute atomic E-state index is 0.0928. The zero-order valence-corrected chi connectivity index (χ0v) is 12.9. The summed E-state index contributed by atoms with van der Waals surface area (Å²) in [6.45, 7) is 4.01. The molecule has 0 bridgehead atoms. The minimum Gasteiger partial charge on any atom is -0.344 e. The van der Waals surface area contributed by atoms with Crippen molar-refractivity contribution >= 4 is 5.91 Å². The van der Waals surface area contributed by atoms with Gasteiger partial charge >= 0.3 is 0 Å². The van der Waals surface area contributed by atoms with E-state index in [4.69, 9.17) is 0 Å². The largest absolute Gasteiger partial charge is 0.344 e. The van der Waals surface area contributed by atoms with Gasteiger partial charge in [-0.1, -0.05) is 24.6 Å². The number of likely N-dealkylation sites (N-methyl/N-ethyl adjacent to an activating group) is 1. The molecular weight excluding hydrogens is 267 g/mol. The molecule has 2 rings (SSSR count). The Morgan fingerprint density at radius 1 is 1.24 bits per heavy atom. The third-order valence-electron chi connectivity index (χ3n) is 4.19. The van der Waals surface area contributed by atoms with Crippen LogP contribution in [0.1, 0.15) is 31.2 Å². The molecule has 0 atom stereocenters. The molecule has 4 heteroatoms. The molecule has 1 aromatic carbocycles. The van der Waals surface area contributed by atoms with E-state index >= 15 is 0 Å². The molecule has 0 N–H and O–H groups in total. The number of hydrogen-bond donors (Lipinski definition) is 0. The molecular formula is C17H25FN2O.